The van der Waals surface area contributed by atoms with Gasteiger partial charge in [0.1, 0.15) is 0 Å². The van der Waals surface area contributed by atoms with Gasteiger partial charge in [-0.15, -0.1) is 0 Å². The molecule has 0 atom stereocenters. The molecular formula is C17H14F4O. The molecule has 5 heteroatoms. The van der Waals surface area contributed by atoms with Gasteiger partial charge in [-0.3, -0.25) is 4.79 Å². The molecule has 116 valence electrons. The SMILES string of the molecule is CC(=O)c1c(F)c(F)c(-c2cccc(C(C)C)c2)c(F)c1F. The molecular weight excluding hydrogens is 296 g/mol. The largest absolute Gasteiger partial charge is 0.294 e. The number of rotatable bonds is 3. The highest BCUT2D eigenvalue weighted by Crippen LogP contribution is 2.33. The summed E-state index contributed by atoms with van der Waals surface area (Å²) in [6.45, 7) is 4.61. The van der Waals surface area contributed by atoms with E-state index in [1.165, 1.54) is 12.1 Å². The van der Waals surface area contributed by atoms with Crippen LogP contribution in [0.2, 0.25) is 0 Å². The lowest BCUT2D eigenvalue weighted by Gasteiger charge is -2.12. The Morgan fingerprint density at radius 3 is 1.95 bits per heavy atom. The van der Waals surface area contributed by atoms with Crippen LogP contribution in [0.1, 0.15) is 42.6 Å². The number of carbonyl (C=O) groups excluding carboxylic acids is 1. The molecule has 2 aromatic rings. The summed E-state index contributed by atoms with van der Waals surface area (Å²) in [5, 5.41) is 0. The van der Waals surface area contributed by atoms with E-state index in [0.29, 0.717) is 0 Å². The second-order valence-corrected chi connectivity index (χ2v) is 5.34. The summed E-state index contributed by atoms with van der Waals surface area (Å²) in [6.07, 6.45) is 0. The highest BCUT2D eigenvalue weighted by molar-refractivity contribution is 5.95. The minimum atomic E-state index is -1.67. The monoisotopic (exact) mass is 310 g/mol. The summed E-state index contributed by atoms with van der Waals surface area (Å²) in [6, 6.07) is 6.14. The van der Waals surface area contributed by atoms with Crippen LogP contribution in [0.25, 0.3) is 11.1 Å². The summed E-state index contributed by atoms with van der Waals surface area (Å²) in [5.41, 5.74) is -1.21. The fourth-order valence-electron chi connectivity index (χ4n) is 2.25. The lowest BCUT2D eigenvalue weighted by Crippen LogP contribution is -2.09. The van der Waals surface area contributed by atoms with Gasteiger partial charge in [0.15, 0.2) is 29.1 Å². The van der Waals surface area contributed by atoms with Gasteiger partial charge in [0.2, 0.25) is 0 Å². The number of benzene rings is 2. The van der Waals surface area contributed by atoms with Crippen LogP contribution in [0.5, 0.6) is 0 Å². The smallest absolute Gasteiger partial charge is 0.173 e. The first kappa shape index (κ1) is 16.2. The second kappa shape index (κ2) is 5.91. The van der Waals surface area contributed by atoms with E-state index in [2.05, 4.69) is 0 Å². The average Bonchev–Trinajstić information content (AvgIpc) is 2.45. The van der Waals surface area contributed by atoms with Crippen molar-refractivity contribution in [2.24, 2.45) is 0 Å². The second-order valence-electron chi connectivity index (χ2n) is 5.34. The van der Waals surface area contributed by atoms with Crippen molar-refractivity contribution in [3.05, 3.63) is 58.7 Å². The van der Waals surface area contributed by atoms with Crippen LogP contribution in [-0.4, -0.2) is 5.78 Å². The van der Waals surface area contributed by atoms with Crippen molar-refractivity contribution in [3.63, 3.8) is 0 Å². The zero-order chi connectivity index (χ0) is 16.6. The molecule has 0 radical (unpaired) electrons. The predicted octanol–water partition coefficient (Wildman–Crippen LogP) is 5.24. The van der Waals surface area contributed by atoms with Gasteiger partial charge in [0.05, 0.1) is 11.1 Å². The third kappa shape index (κ3) is 2.63. The Balaban J connectivity index is 2.77. The fraction of sp³-hybridized carbons (Fsp3) is 0.235. The van der Waals surface area contributed by atoms with E-state index in [-0.39, 0.29) is 11.5 Å². The Labute approximate surface area is 125 Å². The van der Waals surface area contributed by atoms with Crippen LogP contribution in [0.15, 0.2) is 24.3 Å². The number of hydrogen-bond acceptors (Lipinski definition) is 1. The van der Waals surface area contributed by atoms with Gasteiger partial charge < -0.3 is 0 Å². The molecule has 0 N–H and O–H groups in total. The molecule has 22 heavy (non-hydrogen) atoms. The standard InChI is InChI=1S/C17H14F4O/c1-8(2)10-5-4-6-11(7-10)13-16(20)14(18)12(9(3)22)15(19)17(13)21/h4-8H,1-3H3. The number of carbonyl (C=O) groups is 1. The zero-order valence-electron chi connectivity index (χ0n) is 12.3. The molecule has 0 unspecified atom stereocenters. The zero-order valence-corrected chi connectivity index (χ0v) is 12.3. The first-order chi connectivity index (χ1) is 10.3. The Kier molecular flexibility index (Phi) is 4.35. The Hall–Kier alpha value is -2.17. The lowest BCUT2D eigenvalue weighted by atomic mass is 9.95. The van der Waals surface area contributed by atoms with Crippen LogP contribution in [0, 0.1) is 23.3 Å². The van der Waals surface area contributed by atoms with E-state index in [4.69, 9.17) is 0 Å². The van der Waals surface area contributed by atoms with E-state index in [0.717, 1.165) is 12.5 Å². The molecule has 0 fully saturated rings. The predicted molar refractivity (Wildman–Crippen MR) is 75.8 cm³/mol. The van der Waals surface area contributed by atoms with Crippen molar-refractivity contribution < 1.29 is 22.4 Å². The van der Waals surface area contributed by atoms with Crippen LogP contribution < -0.4 is 0 Å². The molecule has 2 aromatic carbocycles. The fourth-order valence-corrected chi connectivity index (χ4v) is 2.25. The Morgan fingerprint density at radius 2 is 1.50 bits per heavy atom. The summed E-state index contributed by atoms with van der Waals surface area (Å²) < 4.78 is 56.1. The van der Waals surface area contributed by atoms with Gasteiger partial charge in [-0.25, -0.2) is 17.6 Å². The third-order valence-electron chi connectivity index (χ3n) is 3.46. The van der Waals surface area contributed by atoms with E-state index in [9.17, 15) is 22.4 Å². The van der Waals surface area contributed by atoms with Crippen molar-refractivity contribution in [2.75, 3.05) is 0 Å². The summed E-state index contributed by atoms with van der Waals surface area (Å²) in [4.78, 5) is 11.2. The molecule has 0 bridgehead atoms. The van der Waals surface area contributed by atoms with Gasteiger partial charge in [-0.1, -0.05) is 38.1 Å². The van der Waals surface area contributed by atoms with Gasteiger partial charge in [0, 0.05) is 0 Å². The number of hydrogen-bond donors (Lipinski definition) is 0. The number of halogens is 4. The molecule has 0 spiro atoms. The van der Waals surface area contributed by atoms with Gasteiger partial charge in [-0.05, 0) is 24.0 Å². The van der Waals surface area contributed by atoms with Crippen molar-refractivity contribution in [1.82, 2.24) is 0 Å². The summed E-state index contributed by atoms with van der Waals surface area (Å²) >= 11 is 0. The van der Waals surface area contributed by atoms with Gasteiger partial charge in [0.25, 0.3) is 0 Å². The van der Waals surface area contributed by atoms with Crippen molar-refractivity contribution >= 4 is 5.78 Å². The van der Waals surface area contributed by atoms with Gasteiger partial charge in [-0.2, -0.15) is 0 Å². The van der Waals surface area contributed by atoms with Crippen LogP contribution in [-0.2, 0) is 0 Å². The topological polar surface area (TPSA) is 17.1 Å². The average molecular weight is 310 g/mol. The summed E-state index contributed by atoms with van der Waals surface area (Å²) in [5.74, 6) is -7.46. The van der Waals surface area contributed by atoms with E-state index in [1.54, 1.807) is 12.1 Å². The van der Waals surface area contributed by atoms with Crippen LogP contribution in [0.3, 0.4) is 0 Å². The van der Waals surface area contributed by atoms with Crippen LogP contribution in [0.4, 0.5) is 17.6 Å². The molecule has 0 heterocycles. The minimum Gasteiger partial charge on any atom is -0.294 e. The molecule has 0 aliphatic carbocycles. The first-order valence-corrected chi connectivity index (χ1v) is 6.72. The molecule has 0 aliphatic rings. The Bertz CT molecular complexity index is 722. The molecule has 0 aromatic heterocycles. The Morgan fingerprint density at radius 1 is 0.955 bits per heavy atom. The van der Waals surface area contributed by atoms with E-state index >= 15 is 0 Å². The molecule has 0 amide bonds. The van der Waals surface area contributed by atoms with E-state index < -0.39 is 40.2 Å². The maximum atomic E-state index is 14.1. The first-order valence-electron chi connectivity index (χ1n) is 6.72. The quantitative estimate of drug-likeness (QED) is 0.430. The molecule has 1 nitrogen and oxygen atoms in total. The van der Waals surface area contributed by atoms with Crippen molar-refractivity contribution in [2.45, 2.75) is 26.7 Å². The molecule has 0 aliphatic heterocycles. The highest BCUT2D eigenvalue weighted by atomic mass is 19.2. The maximum absolute atomic E-state index is 14.1. The maximum Gasteiger partial charge on any atom is 0.173 e. The number of ketones is 1. The number of Topliss-reactive ketones (excluding diaryl/α,β-unsaturated/α-hetero) is 1. The van der Waals surface area contributed by atoms with Gasteiger partial charge >= 0.3 is 0 Å². The minimum absolute atomic E-state index is 0.0223. The lowest BCUT2D eigenvalue weighted by molar-refractivity contribution is 0.100. The molecule has 0 saturated carbocycles. The molecule has 0 saturated heterocycles. The van der Waals surface area contributed by atoms with Crippen molar-refractivity contribution in [3.8, 4) is 11.1 Å². The normalized spacial score (nSPS) is 11.1. The van der Waals surface area contributed by atoms with Crippen LogP contribution >= 0.6 is 0 Å². The highest BCUT2D eigenvalue weighted by Gasteiger charge is 2.28. The van der Waals surface area contributed by atoms with Crippen molar-refractivity contribution in [1.29, 1.82) is 0 Å². The van der Waals surface area contributed by atoms with E-state index in [1.807, 2.05) is 13.8 Å². The summed E-state index contributed by atoms with van der Waals surface area (Å²) in [7, 11) is 0. The third-order valence-corrected chi connectivity index (χ3v) is 3.46. The molecule has 2 rings (SSSR count).